The minimum Gasteiger partial charge on any atom is -0.486 e. The number of para-hydroxylation sites is 1. The van der Waals surface area contributed by atoms with Crippen molar-refractivity contribution in [3.8, 4) is 11.5 Å². The Morgan fingerprint density at radius 3 is 2.70 bits per heavy atom. The molecule has 3 aliphatic heterocycles. The number of rotatable bonds is 3. The van der Waals surface area contributed by atoms with Crippen molar-refractivity contribution in [2.24, 2.45) is 5.92 Å². The Bertz CT molecular complexity index is 995. The molecular formula is C23H23ClN2O4. The van der Waals surface area contributed by atoms with Crippen molar-refractivity contribution in [1.82, 2.24) is 4.90 Å². The lowest BCUT2D eigenvalue weighted by atomic mass is 10.0. The molecule has 3 heterocycles. The first-order chi connectivity index (χ1) is 14.6. The zero-order valence-electron chi connectivity index (χ0n) is 16.6. The second-order valence-electron chi connectivity index (χ2n) is 7.95. The van der Waals surface area contributed by atoms with E-state index in [-0.39, 0.29) is 30.2 Å². The lowest BCUT2D eigenvalue weighted by Gasteiger charge is -2.28. The quantitative estimate of drug-likeness (QED) is 0.748. The molecule has 6 nitrogen and oxygen atoms in total. The molecule has 2 aromatic rings. The Labute approximate surface area is 180 Å². The van der Waals surface area contributed by atoms with Gasteiger partial charge in [-0.05, 0) is 42.7 Å². The van der Waals surface area contributed by atoms with E-state index in [2.05, 4.69) is 0 Å². The molecule has 0 spiro atoms. The minimum atomic E-state index is -0.355. The Morgan fingerprint density at radius 1 is 1.07 bits per heavy atom. The zero-order valence-corrected chi connectivity index (χ0v) is 17.3. The Morgan fingerprint density at radius 2 is 1.87 bits per heavy atom. The maximum Gasteiger partial charge on any atom is 0.228 e. The van der Waals surface area contributed by atoms with Crippen LogP contribution < -0.4 is 14.4 Å². The van der Waals surface area contributed by atoms with Crippen LogP contribution in [0.3, 0.4) is 0 Å². The monoisotopic (exact) mass is 426 g/mol. The molecule has 3 aliphatic rings. The van der Waals surface area contributed by atoms with E-state index in [0.717, 1.165) is 29.9 Å². The van der Waals surface area contributed by atoms with Gasteiger partial charge in [0.15, 0.2) is 11.5 Å². The number of carbonyl (C=O) groups is 2. The summed E-state index contributed by atoms with van der Waals surface area (Å²) < 4.78 is 11.3. The number of halogens is 1. The van der Waals surface area contributed by atoms with Crippen LogP contribution in [0.1, 0.15) is 30.9 Å². The number of hydrogen-bond donors (Lipinski definition) is 0. The van der Waals surface area contributed by atoms with Crippen molar-refractivity contribution >= 4 is 29.1 Å². The van der Waals surface area contributed by atoms with E-state index < -0.39 is 0 Å². The number of nitrogens with zero attached hydrogens (tertiary/aromatic N) is 2. The molecule has 2 atom stereocenters. The molecule has 0 aromatic heterocycles. The third-order valence-corrected chi connectivity index (χ3v) is 6.42. The van der Waals surface area contributed by atoms with E-state index in [0.29, 0.717) is 37.0 Å². The topological polar surface area (TPSA) is 59.1 Å². The molecule has 0 aliphatic carbocycles. The van der Waals surface area contributed by atoms with Crippen molar-refractivity contribution in [1.29, 1.82) is 0 Å². The number of amides is 2. The second-order valence-corrected chi connectivity index (χ2v) is 8.36. The van der Waals surface area contributed by atoms with Gasteiger partial charge >= 0.3 is 0 Å². The number of fused-ring (bicyclic) bond motifs is 1. The average Bonchev–Trinajstić information content (AvgIpc) is 3.40. The van der Waals surface area contributed by atoms with Crippen LogP contribution in [-0.2, 0) is 9.59 Å². The SMILES string of the molecule is O=C1C[C@@H](C(=O)N2CCC[C@@H]2c2ccc3c(c2)OCCO3)CN1c1ccccc1Cl. The highest BCUT2D eigenvalue weighted by Gasteiger charge is 2.41. The maximum absolute atomic E-state index is 13.4. The number of ether oxygens (including phenoxy) is 2. The van der Waals surface area contributed by atoms with E-state index in [9.17, 15) is 9.59 Å². The molecule has 156 valence electrons. The molecule has 2 fully saturated rings. The van der Waals surface area contributed by atoms with Gasteiger partial charge in [0.1, 0.15) is 13.2 Å². The summed E-state index contributed by atoms with van der Waals surface area (Å²) in [5, 5.41) is 0.522. The van der Waals surface area contributed by atoms with E-state index in [1.807, 2.05) is 41.3 Å². The fourth-order valence-electron chi connectivity index (χ4n) is 4.66. The predicted molar refractivity (Wildman–Crippen MR) is 113 cm³/mol. The van der Waals surface area contributed by atoms with Gasteiger partial charge in [-0.3, -0.25) is 9.59 Å². The summed E-state index contributed by atoms with van der Waals surface area (Å²) in [6.45, 7) is 2.16. The summed E-state index contributed by atoms with van der Waals surface area (Å²) in [5.74, 6) is 1.11. The third kappa shape index (κ3) is 3.39. The Hall–Kier alpha value is -2.73. The van der Waals surface area contributed by atoms with E-state index in [1.165, 1.54) is 0 Å². The van der Waals surface area contributed by atoms with E-state index in [4.69, 9.17) is 21.1 Å². The number of likely N-dealkylation sites (tertiary alicyclic amines) is 1. The summed E-state index contributed by atoms with van der Waals surface area (Å²) in [6, 6.07) is 13.2. The summed E-state index contributed by atoms with van der Waals surface area (Å²) >= 11 is 6.27. The first-order valence-electron chi connectivity index (χ1n) is 10.4. The molecule has 0 unspecified atom stereocenters. The predicted octanol–water partition coefficient (Wildman–Crippen LogP) is 3.83. The summed E-state index contributed by atoms with van der Waals surface area (Å²) in [7, 11) is 0. The van der Waals surface area contributed by atoms with Gasteiger partial charge in [0.2, 0.25) is 11.8 Å². The highest BCUT2D eigenvalue weighted by atomic mass is 35.5. The zero-order chi connectivity index (χ0) is 20.7. The molecule has 30 heavy (non-hydrogen) atoms. The molecule has 0 radical (unpaired) electrons. The summed E-state index contributed by atoms with van der Waals surface area (Å²) in [5.41, 5.74) is 1.72. The largest absolute Gasteiger partial charge is 0.486 e. The molecule has 0 bridgehead atoms. The van der Waals surface area contributed by atoms with Gasteiger partial charge in [-0.2, -0.15) is 0 Å². The van der Waals surface area contributed by atoms with Gasteiger partial charge in [-0.25, -0.2) is 0 Å². The first kappa shape index (κ1) is 19.2. The fourth-order valence-corrected chi connectivity index (χ4v) is 4.89. The van der Waals surface area contributed by atoms with Gasteiger partial charge in [0, 0.05) is 19.5 Å². The molecule has 5 rings (SSSR count). The van der Waals surface area contributed by atoms with Crippen LogP contribution in [-0.4, -0.2) is 43.0 Å². The van der Waals surface area contributed by atoms with E-state index >= 15 is 0 Å². The molecule has 0 N–H and O–H groups in total. The number of anilines is 1. The highest BCUT2D eigenvalue weighted by Crippen LogP contribution is 2.40. The van der Waals surface area contributed by atoms with Gasteiger partial charge in [-0.1, -0.05) is 29.8 Å². The maximum atomic E-state index is 13.4. The normalized spacial score (nSPS) is 23.2. The molecule has 2 amide bonds. The number of benzene rings is 2. The minimum absolute atomic E-state index is 0.00204. The number of carbonyl (C=O) groups excluding carboxylic acids is 2. The molecule has 2 saturated heterocycles. The standard InChI is InChI=1S/C23H23ClN2O4/c24-17-4-1-2-5-19(17)26-14-16(13-22(26)27)23(28)25-9-3-6-18(25)15-7-8-20-21(12-15)30-11-10-29-20/h1-2,4-5,7-8,12,16,18H,3,6,9-11,13-14H2/t16-,18-/m1/s1. The third-order valence-electron chi connectivity index (χ3n) is 6.10. The Kier molecular flexibility index (Phi) is 5.03. The van der Waals surface area contributed by atoms with Crippen LogP contribution in [0.25, 0.3) is 0 Å². The van der Waals surface area contributed by atoms with Crippen molar-refractivity contribution in [3.05, 3.63) is 53.1 Å². The lowest BCUT2D eigenvalue weighted by Crippen LogP contribution is -2.37. The smallest absolute Gasteiger partial charge is 0.228 e. The molecule has 0 saturated carbocycles. The van der Waals surface area contributed by atoms with Crippen LogP contribution in [0.15, 0.2) is 42.5 Å². The average molecular weight is 427 g/mol. The summed E-state index contributed by atoms with van der Waals surface area (Å²) in [4.78, 5) is 29.6. The van der Waals surface area contributed by atoms with Crippen molar-refractivity contribution in [2.75, 3.05) is 31.2 Å². The van der Waals surface area contributed by atoms with Crippen LogP contribution in [0.4, 0.5) is 5.69 Å². The molecule has 2 aromatic carbocycles. The van der Waals surface area contributed by atoms with Gasteiger partial charge in [0.05, 0.1) is 22.7 Å². The first-order valence-corrected chi connectivity index (χ1v) is 10.7. The van der Waals surface area contributed by atoms with Gasteiger partial charge in [-0.15, -0.1) is 0 Å². The highest BCUT2D eigenvalue weighted by molar-refractivity contribution is 6.33. The van der Waals surface area contributed by atoms with Crippen molar-refractivity contribution in [2.45, 2.75) is 25.3 Å². The summed E-state index contributed by atoms with van der Waals surface area (Å²) in [6.07, 6.45) is 2.06. The second kappa shape index (κ2) is 7.84. The van der Waals surface area contributed by atoms with Crippen molar-refractivity contribution in [3.63, 3.8) is 0 Å². The van der Waals surface area contributed by atoms with Crippen LogP contribution >= 0.6 is 11.6 Å². The van der Waals surface area contributed by atoms with Crippen LogP contribution in [0.5, 0.6) is 11.5 Å². The van der Waals surface area contributed by atoms with E-state index in [1.54, 1.807) is 11.0 Å². The van der Waals surface area contributed by atoms with Gasteiger partial charge < -0.3 is 19.3 Å². The number of hydrogen-bond acceptors (Lipinski definition) is 4. The van der Waals surface area contributed by atoms with Gasteiger partial charge in [0.25, 0.3) is 0 Å². The fraction of sp³-hybridized carbons (Fsp3) is 0.391. The Balaban J connectivity index is 1.34. The molecule has 7 heteroatoms. The molecular weight excluding hydrogens is 404 g/mol. The van der Waals surface area contributed by atoms with Crippen molar-refractivity contribution < 1.29 is 19.1 Å². The van der Waals surface area contributed by atoms with Crippen LogP contribution in [0.2, 0.25) is 5.02 Å². The lowest BCUT2D eigenvalue weighted by molar-refractivity contribution is -0.136. The van der Waals surface area contributed by atoms with Crippen LogP contribution in [0, 0.1) is 5.92 Å².